The highest BCUT2D eigenvalue weighted by Crippen LogP contribution is 2.26. The molecule has 1 amide bonds. The molecule has 0 radical (unpaired) electrons. The van der Waals surface area contributed by atoms with Crippen molar-refractivity contribution in [3.63, 3.8) is 0 Å². The number of rotatable bonds is 2. The summed E-state index contributed by atoms with van der Waals surface area (Å²) in [7, 11) is 0. The van der Waals surface area contributed by atoms with E-state index in [9.17, 15) is 4.79 Å². The highest BCUT2D eigenvalue weighted by Gasteiger charge is 2.09. The number of amidine groups is 1. The fourth-order valence-corrected chi connectivity index (χ4v) is 2.34. The monoisotopic (exact) mass is 234 g/mol. The molecule has 16 heavy (non-hydrogen) atoms. The van der Waals surface area contributed by atoms with Crippen LogP contribution in [0.25, 0.3) is 10.1 Å². The van der Waals surface area contributed by atoms with E-state index in [4.69, 9.17) is 17.0 Å². The van der Waals surface area contributed by atoms with Crippen LogP contribution in [0, 0.1) is 5.41 Å². The molecule has 0 aliphatic heterocycles. The number of nitrogen functional groups attached to an aromatic ring is 2. The van der Waals surface area contributed by atoms with Crippen molar-refractivity contribution in [2.24, 2.45) is 11.6 Å². The summed E-state index contributed by atoms with van der Waals surface area (Å²) in [5.41, 5.74) is 8.11. The molecule has 0 saturated carbocycles. The second-order valence-electron chi connectivity index (χ2n) is 3.25. The fourth-order valence-electron chi connectivity index (χ4n) is 1.39. The molecule has 2 aromatic rings. The fraction of sp³-hybridized carbons (Fsp3) is 0. The van der Waals surface area contributed by atoms with E-state index in [1.54, 1.807) is 18.2 Å². The lowest BCUT2D eigenvalue weighted by Crippen LogP contribution is -2.29. The predicted octanol–water partition coefficient (Wildman–Crippen LogP) is 0.789. The van der Waals surface area contributed by atoms with E-state index in [1.165, 1.54) is 11.3 Å². The van der Waals surface area contributed by atoms with Gasteiger partial charge in [-0.25, -0.2) is 5.84 Å². The lowest BCUT2D eigenvalue weighted by Gasteiger charge is -1.96. The SMILES string of the molecule is N=C(N)c1ccc2sc(C(=O)NN)cc2c1. The molecule has 0 aliphatic rings. The second kappa shape index (κ2) is 3.92. The van der Waals surface area contributed by atoms with Gasteiger partial charge in [-0.2, -0.15) is 0 Å². The standard InChI is InChI=1S/C10H10N4OS/c11-9(12)5-1-2-7-6(3-5)4-8(16-7)10(15)14-13/h1-4H,13H2,(H3,11,12)(H,14,15). The van der Waals surface area contributed by atoms with Gasteiger partial charge in [-0.05, 0) is 29.7 Å². The highest BCUT2D eigenvalue weighted by atomic mass is 32.1. The van der Waals surface area contributed by atoms with Crippen LogP contribution in [0.1, 0.15) is 15.2 Å². The number of fused-ring (bicyclic) bond motifs is 1. The van der Waals surface area contributed by atoms with E-state index >= 15 is 0 Å². The van der Waals surface area contributed by atoms with E-state index in [0.717, 1.165) is 10.1 Å². The van der Waals surface area contributed by atoms with Crippen molar-refractivity contribution in [2.75, 3.05) is 0 Å². The number of amides is 1. The van der Waals surface area contributed by atoms with Crippen molar-refractivity contribution in [3.05, 3.63) is 34.7 Å². The van der Waals surface area contributed by atoms with Crippen LogP contribution in [0.2, 0.25) is 0 Å². The van der Waals surface area contributed by atoms with E-state index in [-0.39, 0.29) is 11.7 Å². The molecule has 1 heterocycles. The molecule has 0 spiro atoms. The first-order chi connectivity index (χ1) is 7.61. The highest BCUT2D eigenvalue weighted by molar-refractivity contribution is 7.20. The molecule has 0 bridgehead atoms. The molecule has 0 atom stereocenters. The maximum atomic E-state index is 11.3. The molecule has 1 aromatic heterocycles. The van der Waals surface area contributed by atoms with Gasteiger partial charge in [0.15, 0.2) is 0 Å². The van der Waals surface area contributed by atoms with Crippen LogP contribution >= 0.6 is 11.3 Å². The van der Waals surface area contributed by atoms with Crippen molar-refractivity contribution in [3.8, 4) is 0 Å². The summed E-state index contributed by atoms with van der Waals surface area (Å²) in [4.78, 5) is 11.8. The zero-order valence-electron chi connectivity index (χ0n) is 8.28. The van der Waals surface area contributed by atoms with Crippen molar-refractivity contribution in [1.82, 2.24) is 5.43 Å². The van der Waals surface area contributed by atoms with E-state index in [2.05, 4.69) is 5.43 Å². The quantitative estimate of drug-likeness (QED) is 0.203. The third-order valence-electron chi connectivity index (χ3n) is 2.18. The number of hydrogen-bond donors (Lipinski definition) is 4. The Balaban J connectivity index is 2.54. The number of thiophene rings is 1. The summed E-state index contributed by atoms with van der Waals surface area (Å²) >= 11 is 1.35. The molecule has 0 fully saturated rings. The van der Waals surface area contributed by atoms with Crippen molar-refractivity contribution >= 4 is 33.2 Å². The van der Waals surface area contributed by atoms with Gasteiger partial charge in [-0.1, -0.05) is 0 Å². The Kier molecular flexibility index (Phi) is 2.59. The molecule has 6 N–H and O–H groups in total. The van der Waals surface area contributed by atoms with Gasteiger partial charge in [0.2, 0.25) is 0 Å². The smallest absolute Gasteiger partial charge is 0.275 e. The number of nitrogens with one attached hydrogen (secondary N) is 2. The number of hydrogen-bond acceptors (Lipinski definition) is 4. The van der Waals surface area contributed by atoms with Crippen molar-refractivity contribution in [1.29, 1.82) is 5.41 Å². The van der Waals surface area contributed by atoms with Gasteiger partial charge < -0.3 is 5.73 Å². The van der Waals surface area contributed by atoms with E-state index < -0.39 is 0 Å². The summed E-state index contributed by atoms with van der Waals surface area (Å²) in [6, 6.07) is 7.10. The van der Waals surface area contributed by atoms with Gasteiger partial charge in [0, 0.05) is 10.3 Å². The van der Waals surface area contributed by atoms with E-state index in [1.807, 2.05) is 6.07 Å². The second-order valence-corrected chi connectivity index (χ2v) is 4.33. The molecule has 5 nitrogen and oxygen atoms in total. The molecule has 6 heteroatoms. The Bertz CT molecular complexity index is 575. The first-order valence-electron chi connectivity index (χ1n) is 4.51. The maximum absolute atomic E-state index is 11.3. The lowest BCUT2D eigenvalue weighted by atomic mass is 10.1. The molecule has 1 aromatic carbocycles. The van der Waals surface area contributed by atoms with Crippen LogP contribution in [0.15, 0.2) is 24.3 Å². The van der Waals surface area contributed by atoms with Crippen LogP contribution in [-0.2, 0) is 0 Å². The Labute approximate surface area is 95.5 Å². The maximum Gasteiger partial charge on any atom is 0.275 e. The summed E-state index contributed by atoms with van der Waals surface area (Å²) in [5.74, 6) is 4.75. The van der Waals surface area contributed by atoms with Crippen molar-refractivity contribution < 1.29 is 4.79 Å². The molecule has 2 rings (SSSR count). The summed E-state index contributed by atoms with van der Waals surface area (Å²) in [5, 5.41) is 8.21. The molecular weight excluding hydrogens is 224 g/mol. The Morgan fingerprint density at radius 3 is 2.75 bits per heavy atom. The van der Waals surface area contributed by atoms with Gasteiger partial charge in [-0.15, -0.1) is 11.3 Å². The van der Waals surface area contributed by atoms with Gasteiger partial charge in [-0.3, -0.25) is 15.6 Å². The number of benzene rings is 1. The normalized spacial score (nSPS) is 10.3. The summed E-state index contributed by atoms with van der Waals surface area (Å²) in [6.45, 7) is 0. The molecule has 0 unspecified atom stereocenters. The van der Waals surface area contributed by atoms with Crippen LogP contribution in [-0.4, -0.2) is 11.7 Å². The lowest BCUT2D eigenvalue weighted by molar-refractivity contribution is 0.0958. The third kappa shape index (κ3) is 1.75. The molecular formula is C10H10N4OS. The zero-order valence-corrected chi connectivity index (χ0v) is 9.10. The van der Waals surface area contributed by atoms with Crippen LogP contribution in [0.3, 0.4) is 0 Å². The average molecular weight is 234 g/mol. The van der Waals surface area contributed by atoms with Crippen LogP contribution < -0.4 is 17.0 Å². The number of nitrogens with two attached hydrogens (primary N) is 2. The molecule has 0 aliphatic carbocycles. The summed E-state index contributed by atoms with van der Waals surface area (Å²) in [6.07, 6.45) is 0. The van der Waals surface area contributed by atoms with Crippen molar-refractivity contribution in [2.45, 2.75) is 0 Å². The van der Waals surface area contributed by atoms with Gasteiger partial charge in [0.1, 0.15) is 5.84 Å². The minimum absolute atomic E-state index is 0.0120. The zero-order chi connectivity index (χ0) is 11.7. The first-order valence-corrected chi connectivity index (χ1v) is 5.32. The minimum Gasteiger partial charge on any atom is -0.384 e. The van der Waals surface area contributed by atoms with E-state index in [0.29, 0.717) is 10.4 Å². The topological polar surface area (TPSA) is 105 Å². The first kappa shape index (κ1) is 10.6. The number of carbonyl (C=O) groups is 1. The Morgan fingerprint density at radius 1 is 1.38 bits per heavy atom. The number of hydrazine groups is 1. The average Bonchev–Trinajstić information content (AvgIpc) is 2.70. The summed E-state index contributed by atoms with van der Waals surface area (Å²) < 4.78 is 0.962. The van der Waals surface area contributed by atoms with Gasteiger partial charge in [0.05, 0.1) is 4.88 Å². The molecule has 0 saturated heterocycles. The third-order valence-corrected chi connectivity index (χ3v) is 3.30. The largest absolute Gasteiger partial charge is 0.384 e. The Hall–Kier alpha value is -1.92. The van der Waals surface area contributed by atoms with Crippen LogP contribution in [0.4, 0.5) is 0 Å². The molecule has 82 valence electrons. The number of carbonyl (C=O) groups excluding carboxylic acids is 1. The Morgan fingerprint density at radius 2 is 2.12 bits per heavy atom. The van der Waals surface area contributed by atoms with Gasteiger partial charge >= 0.3 is 0 Å². The predicted molar refractivity (Wildman–Crippen MR) is 64.5 cm³/mol. The minimum atomic E-state index is -0.314. The van der Waals surface area contributed by atoms with Crippen LogP contribution in [0.5, 0.6) is 0 Å². The van der Waals surface area contributed by atoms with Gasteiger partial charge in [0.25, 0.3) is 5.91 Å².